The van der Waals surface area contributed by atoms with Gasteiger partial charge in [0.15, 0.2) is 5.78 Å². The first kappa shape index (κ1) is 23.1. The molecule has 5 rings (SSSR count). The lowest BCUT2D eigenvalue weighted by molar-refractivity contribution is -0.151. The van der Waals surface area contributed by atoms with Gasteiger partial charge in [0, 0.05) is 19.0 Å². The molecular weight excluding hydrogens is 414 g/mol. The highest BCUT2D eigenvalue weighted by molar-refractivity contribution is 5.88. The van der Waals surface area contributed by atoms with Crippen molar-refractivity contribution in [3.63, 3.8) is 0 Å². The summed E-state index contributed by atoms with van der Waals surface area (Å²) < 4.78 is 1.68. The molecule has 6 heteroatoms. The summed E-state index contributed by atoms with van der Waals surface area (Å²) in [5, 5.41) is 17.7. The van der Waals surface area contributed by atoms with Gasteiger partial charge < -0.3 is 10.4 Å². The van der Waals surface area contributed by atoms with Crippen LogP contribution >= 0.6 is 0 Å². The first-order valence-corrected chi connectivity index (χ1v) is 13.1. The quantitative estimate of drug-likeness (QED) is 0.682. The highest BCUT2D eigenvalue weighted by Gasteiger charge is 2.61. The maximum absolute atomic E-state index is 13.5. The van der Waals surface area contributed by atoms with Gasteiger partial charge in [-0.25, -0.2) is 0 Å². The number of nitrogens with one attached hydrogen (secondary N) is 1. The average Bonchev–Trinajstić information content (AvgIpc) is 3.31. The highest BCUT2D eigenvalue weighted by atomic mass is 16.3. The second-order valence-corrected chi connectivity index (χ2v) is 12.6. The van der Waals surface area contributed by atoms with Gasteiger partial charge in [-0.2, -0.15) is 5.10 Å². The molecule has 0 unspecified atom stereocenters. The lowest BCUT2D eigenvalue weighted by Crippen LogP contribution is -2.55. The van der Waals surface area contributed by atoms with Crippen molar-refractivity contribution in [3.05, 3.63) is 12.4 Å². The Labute approximate surface area is 197 Å². The van der Waals surface area contributed by atoms with Crippen LogP contribution in [-0.2, 0) is 16.1 Å². The van der Waals surface area contributed by atoms with E-state index < -0.39 is 5.60 Å². The standard InChI is InChI=1S/C27H41N3O3/c1-17(31)29-19-14-28-30(15-19)16-24(32)23-8-7-21-20-6-5-18-13-25(2,33)11-12-26(18,3)22(20)9-10-27(21,23)4/h14-15,18,20-23,33H,5-13,16H2,1-4H3,(H,29,31)/t18-,20-,21-,22-,23+,25+,26-,27-/m0/s1. The summed E-state index contributed by atoms with van der Waals surface area (Å²) in [6.07, 6.45) is 13.4. The van der Waals surface area contributed by atoms with Crippen LogP contribution in [-0.4, -0.2) is 32.2 Å². The van der Waals surface area contributed by atoms with Crippen molar-refractivity contribution in [2.45, 2.75) is 97.6 Å². The number of nitrogens with zero attached hydrogens (tertiary/aromatic N) is 2. The zero-order valence-electron chi connectivity index (χ0n) is 20.8. The molecule has 0 saturated heterocycles. The number of amides is 1. The molecule has 4 fully saturated rings. The Hall–Kier alpha value is -1.69. The van der Waals surface area contributed by atoms with Gasteiger partial charge in [-0.1, -0.05) is 13.8 Å². The number of hydrogen-bond acceptors (Lipinski definition) is 4. The molecule has 0 aromatic carbocycles. The lowest BCUT2D eigenvalue weighted by atomic mass is 9.44. The maximum atomic E-state index is 13.5. The van der Waals surface area contributed by atoms with Crippen molar-refractivity contribution >= 4 is 17.4 Å². The number of anilines is 1. The predicted octanol–water partition coefficient (Wildman–Crippen LogP) is 4.82. The fourth-order valence-corrected chi connectivity index (χ4v) is 8.95. The Morgan fingerprint density at radius 2 is 1.82 bits per heavy atom. The lowest BCUT2D eigenvalue weighted by Gasteiger charge is -2.61. The number of ketones is 1. The van der Waals surface area contributed by atoms with Gasteiger partial charge in [0.1, 0.15) is 0 Å². The minimum Gasteiger partial charge on any atom is -0.390 e. The number of hydrogen-bond donors (Lipinski definition) is 2. The second-order valence-electron chi connectivity index (χ2n) is 12.6. The average molecular weight is 456 g/mol. The molecule has 1 amide bonds. The van der Waals surface area contributed by atoms with Gasteiger partial charge in [0.05, 0.1) is 24.0 Å². The van der Waals surface area contributed by atoms with Crippen LogP contribution in [0.25, 0.3) is 0 Å². The van der Waals surface area contributed by atoms with Gasteiger partial charge in [-0.3, -0.25) is 14.3 Å². The van der Waals surface area contributed by atoms with E-state index in [1.165, 1.54) is 32.6 Å². The molecule has 8 atom stereocenters. The Balaban J connectivity index is 1.30. The van der Waals surface area contributed by atoms with Crippen molar-refractivity contribution in [1.82, 2.24) is 9.78 Å². The van der Waals surface area contributed by atoms with Crippen molar-refractivity contribution in [2.75, 3.05) is 5.32 Å². The number of carbonyl (C=O) groups is 2. The monoisotopic (exact) mass is 455 g/mol. The van der Waals surface area contributed by atoms with Gasteiger partial charge in [-0.15, -0.1) is 0 Å². The van der Waals surface area contributed by atoms with Crippen molar-refractivity contribution in [1.29, 1.82) is 0 Å². The summed E-state index contributed by atoms with van der Waals surface area (Å²) in [6.45, 7) is 8.71. The molecule has 1 heterocycles. The molecule has 4 aliphatic rings. The number of rotatable bonds is 4. The molecule has 6 nitrogen and oxygen atoms in total. The van der Waals surface area contributed by atoms with E-state index in [2.05, 4.69) is 24.3 Å². The number of Topliss-reactive ketones (excluding diaryl/α,β-unsaturated/α-hetero) is 1. The predicted molar refractivity (Wildman–Crippen MR) is 127 cm³/mol. The van der Waals surface area contributed by atoms with E-state index in [-0.39, 0.29) is 23.8 Å². The van der Waals surface area contributed by atoms with E-state index in [4.69, 9.17) is 0 Å². The number of carbonyl (C=O) groups excluding carboxylic acids is 2. The van der Waals surface area contributed by atoms with E-state index in [0.29, 0.717) is 28.7 Å². The van der Waals surface area contributed by atoms with Crippen molar-refractivity contribution in [2.24, 2.45) is 40.4 Å². The molecule has 33 heavy (non-hydrogen) atoms. The smallest absolute Gasteiger partial charge is 0.221 e. The van der Waals surface area contributed by atoms with Crippen molar-refractivity contribution in [3.8, 4) is 0 Å². The first-order chi connectivity index (χ1) is 15.5. The van der Waals surface area contributed by atoms with Crippen LogP contribution in [0.2, 0.25) is 0 Å². The van der Waals surface area contributed by atoms with E-state index in [0.717, 1.165) is 43.9 Å². The van der Waals surface area contributed by atoms with Crippen LogP contribution in [0.5, 0.6) is 0 Å². The molecule has 0 bridgehead atoms. The highest BCUT2D eigenvalue weighted by Crippen LogP contribution is 2.68. The SMILES string of the molecule is CC(=O)Nc1cnn(CC(=O)[C@H]2CC[C@H]3[C@@H]4CC[C@H]5C[C@](C)(O)CC[C@]5(C)[C@H]4CC[C@]23C)c1. The Kier molecular flexibility index (Phi) is 5.54. The molecular formula is C27H41N3O3. The molecule has 4 aliphatic carbocycles. The zero-order valence-corrected chi connectivity index (χ0v) is 20.8. The second kappa shape index (κ2) is 7.93. The summed E-state index contributed by atoms with van der Waals surface area (Å²) in [6, 6.07) is 0. The van der Waals surface area contributed by atoms with E-state index >= 15 is 0 Å². The van der Waals surface area contributed by atoms with Crippen LogP contribution in [0.4, 0.5) is 5.69 Å². The van der Waals surface area contributed by atoms with Gasteiger partial charge in [-0.05, 0) is 99.2 Å². The third-order valence-corrected chi connectivity index (χ3v) is 10.6. The molecule has 2 N–H and O–H groups in total. The number of aliphatic hydroxyl groups is 1. The topological polar surface area (TPSA) is 84.2 Å². The zero-order chi connectivity index (χ0) is 23.6. The van der Waals surface area contributed by atoms with Crippen LogP contribution in [0.1, 0.15) is 85.5 Å². The van der Waals surface area contributed by atoms with E-state index in [9.17, 15) is 14.7 Å². The first-order valence-electron chi connectivity index (χ1n) is 13.1. The number of fused-ring (bicyclic) bond motifs is 5. The fraction of sp³-hybridized carbons (Fsp3) is 0.815. The summed E-state index contributed by atoms with van der Waals surface area (Å²) >= 11 is 0. The molecule has 0 aliphatic heterocycles. The molecule has 1 aromatic rings. The minimum absolute atomic E-state index is 0.0925. The summed E-state index contributed by atoms with van der Waals surface area (Å²) in [5.41, 5.74) is 0.596. The summed E-state index contributed by atoms with van der Waals surface area (Å²) in [4.78, 5) is 24.7. The Morgan fingerprint density at radius 1 is 1.06 bits per heavy atom. The molecule has 4 saturated carbocycles. The largest absolute Gasteiger partial charge is 0.390 e. The third kappa shape index (κ3) is 3.86. The minimum atomic E-state index is -0.489. The van der Waals surface area contributed by atoms with Crippen LogP contribution < -0.4 is 5.32 Å². The summed E-state index contributed by atoms with van der Waals surface area (Å²) in [7, 11) is 0. The van der Waals surface area contributed by atoms with Crippen LogP contribution in [0.15, 0.2) is 12.4 Å². The normalized spacial score (nSPS) is 44.5. The van der Waals surface area contributed by atoms with Gasteiger partial charge >= 0.3 is 0 Å². The van der Waals surface area contributed by atoms with Crippen LogP contribution in [0, 0.1) is 40.4 Å². The van der Waals surface area contributed by atoms with Crippen molar-refractivity contribution < 1.29 is 14.7 Å². The molecule has 182 valence electrons. The van der Waals surface area contributed by atoms with E-state index in [1.807, 2.05) is 6.92 Å². The molecule has 0 radical (unpaired) electrons. The molecule has 0 spiro atoms. The Bertz CT molecular complexity index is 939. The van der Waals surface area contributed by atoms with Gasteiger partial charge in [0.2, 0.25) is 5.91 Å². The third-order valence-electron chi connectivity index (χ3n) is 10.6. The fourth-order valence-electron chi connectivity index (χ4n) is 8.95. The van der Waals surface area contributed by atoms with E-state index in [1.54, 1.807) is 17.1 Å². The number of aromatic nitrogens is 2. The Morgan fingerprint density at radius 3 is 2.58 bits per heavy atom. The molecule has 1 aromatic heterocycles. The maximum Gasteiger partial charge on any atom is 0.221 e. The van der Waals surface area contributed by atoms with Gasteiger partial charge in [0.25, 0.3) is 0 Å². The summed E-state index contributed by atoms with van der Waals surface area (Å²) in [5.74, 6) is 3.02. The van der Waals surface area contributed by atoms with Crippen LogP contribution in [0.3, 0.4) is 0 Å².